The fraction of sp³-hybridized carbons (Fsp3) is 0.333. The lowest BCUT2D eigenvalue weighted by Crippen LogP contribution is -2.23. The molecule has 0 aliphatic carbocycles. The Labute approximate surface area is 92.9 Å². The van der Waals surface area contributed by atoms with Crippen LogP contribution < -0.4 is 0 Å². The topological polar surface area (TPSA) is 37.4 Å². The number of benzene rings is 1. The summed E-state index contributed by atoms with van der Waals surface area (Å²) in [5, 5.41) is 0. The Morgan fingerprint density at radius 3 is 2.36 bits per heavy atom. The number of hydrogen-bond acceptors (Lipinski definition) is 2. The third kappa shape index (κ3) is 1.99. The van der Waals surface area contributed by atoms with Crippen LogP contribution in [0.2, 0.25) is 0 Å². The lowest BCUT2D eigenvalue weighted by atomic mass is 10.2. The van der Waals surface area contributed by atoms with Gasteiger partial charge in [-0.05, 0) is 24.6 Å². The SMILES string of the molecule is Cc1c(Br)cccc1S(=O)(=O)N(C)C. The van der Waals surface area contributed by atoms with Crippen LogP contribution in [0.25, 0.3) is 0 Å². The first-order valence-electron chi connectivity index (χ1n) is 4.05. The molecule has 1 aromatic rings. The van der Waals surface area contributed by atoms with Crippen LogP contribution in [0.4, 0.5) is 0 Å². The molecule has 0 N–H and O–H groups in total. The lowest BCUT2D eigenvalue weighted by molar-refractivity contribution is 0.520. The molecule has 0 aliphatic heterocycles. The van der Waals surface area contributed by atoms with Gasteiger partial charge in [0.1, 0.15) is 0 Å². The maximum absolute atomic E-state index is 11.8. The van der Waals surface area contributed by atoms with Gasteiger partial charge in [-0.2, -0.15) is 0 Å². The van der Waals surface area contributed by atoms with Crippen molar-refractivity contribution in [1.29, 1.82) is 0 Å². The molecule has 0 heterocycles. The summed E-state index contributed by atoms with van der Waals surface area (Å²) in [7, 11) is -0.280. The molecule has 3 nitrogen and oxygen atoms in total. The average molecular weight is 278 g/mol. The first kappa shape index (κ1) is 11.7. The zero-order valence-corrected chi connectivity index (χ0v) is 10.7. The number of rotatable bonds is 2. The smallest absolute Gasteiger partial charge is 0.207 e. The van der Waals surface area contributed by atoms with Crippen LogP contribution in [0.1, 0.15) is 5.56 Å². The van der Waals surface area contributed by atoms with Crippen molar-refractivity contribution in [2.24, 2.45) is 0 Å². The van der Waals surface area contributed by atoms with Gasteiger partial charge in [-0.3, -0.25) is 0 Å². The van der Waals surface area contributed by atoms with Gasteiger partial charge < -0.3 is 0 Å². The highest BCUT2D eigenvalue weighted by Gasteiger charge is 2.19. The van der Waals surface area contributed by atoms with E-state index in [1.54, 1.807) is 19.1 Å². The Morgan fingerprint density at radius 1 is 1.29 bits per heavy atom. The van der Waals surface area contributed by atoms with Gasteiger partial charge in [0.2, 0.25) is 10.0 Å². The summed E-state index contributed by atoms with van der Waals surface area (Å²) >= 11 is 3.30. The second-order valence-electron chi connectivity index (χ2n) is 3.15. The Morgan fingerprint density at radius 2 is 1.86 bits per heavy atom. The molecule has 0 atom stereocenters. The van der Waals surface area contributed by atoms with Gasteiger partial charge in [0, 0.05) is 18.6 Å². The maximum atomic E-state index is 11.8. The molecular weight excluding hydrogens is 266 g/mol. The first-order valence-corrected chi connectivity index (χ1v) is 6.28. The molecule has 1 aromatic carbocycles. The van der Waals surface area contributed by atoms with Gasteiger partial charge in [-0.1, -0.05) is 22.0 Å². The lowest BCUT2D eigenvalue weighted by Gasteiger charge is -2.13. The van der Waals surface area contributed by atoms with E-state index in [4.69, 9.17) is 0 Å². The minimum Gasteiger partial charge on any atom is -0.207 e. The standard InChI is InChI=1S/C9H12BrNO2S/c1-7-8(10)5-4-6-9(7)14(12,13)11(2)3/h4-6H,1-3H3. The van der Waals surface area contributed by atoms with Gasteiger partial charge in [-0.25, -0.2) is 12.7 Å². The van der Waals surface area contributed by atoms with Crippen LogP contribution in [0, 0.1) is 6.92 Å². The molecule has 0 fully saturated rings. The van der Waals surface area contributed by atoms with Crippen molar-refractivity contribution in [2.45, 2.75) is 11.8 Å². The summed E-state index contributed by atoms with van der Waals surface area (Å²) in [4.78, 5) is 0.344. The number of halogens is 1. The minimum atomic E-state index is -3.33. The van der Waals surface area contributed by atoms with E-state index < -0.39 is 10.0 Å². The molecule has 78 valence electrons. The van der Waals surface area contributed by atoms with E-state index in [0.717, 1.165) is 10.0 Å². The third-order valence-corrected chi connectivity index (χ3v) is 4.80. The summed E-state index contributed by atoms with van der Waals surface area (Å²) < 4.78 is 25.6. The third-order valence-electron chi connectivity index (χ3n) is 1.98. The molecule has 0 saturated carbocycles. The summed E-state index contributed by atoms with van der Waals surface area (Å²) in [5.41, 5.74) is 0.737. The fourth-order valence-corrected chi connectivity index (χ4v) is 2.70. The monoisotopic (exact) mass is 277 g/mol. The molecule has 0 saturated heterocycles. The summed E-state index contributed by atoms with van der Waals surface area (Å²) in [5.74, 6) is 0. The molecule has 0 unspecified atom stereocenters. The predicted molar refractivity (Wildman–Crippen MR) is 59.8 cm³/mol. The van der Waals surface area contributed by atoms with E-state index in [9.17, 15) is 8.42 Å². The number of hydrogen-bond donors (Lipinski definition) is 0. The molecule has 0 aromatic heterocycles. The maximum Gasteiger partial charge on any atom is 0.242 e. The van der Waals surface area contributed by atoms with Crippen molar-refractivity contribution in [3.05, 3.63) is 28.2 Å². The molecular formula is C9H12BrNO2S. The molecule has 0 amide bonds. The quantitative estimate of drug-likeness (QED) is 0.829. The van der Waals surface area contributed by atoms with Crippen molar-refractivity contribution in [1.82, 2.24) is 4.31 Å². The van der Waals surface area contributed by atoms with Crippen LogP contribution in [0.15, 0.2) is 27.6 Å². The Kier molecular flexibility index (Phi) is 3.34. The van der Waals surface area contributed by atoms with Crippen LogP contribution in [0.3, 0.4) is 0 Å². The molecule has 0 radical (unpaired) electrons. The van der Waals surface area contributed by atoms with Crippen molar-refractivity contribution in [2.75, 3.05) is 14.1 Å². The molecule has 14 heavy (non-hydrogen) atoms. The van der Waals surface area contributed by atoms with Crippen LogP contribution in [-0.2, 0) is 10.0 Å². The van der Waals surface area contributed by atoms with E-state index in [0.29, 0.717) is 4.90 Å². The highest BCUT2D eigenvalue weighted by molar-refractivity contribution is 9.10. The Hall–Kier alpha value is -0.390. The first-order chi connectivity index (χ1) is 6.37. The van der Waals surface area contributed by atoms with Gasteiger partial charge in [-0.15, -0.1) is 0 Å². The van der Waals surface area contributed by atoms with Crippen LogP contribution in [0.5, 0.6) is 0 Å². The molecule has 0 spiro atoms. The van der Waals surface area contributed by atoms with Gasteiger partial charge in [0.05, 0.1) is 4.90 Å². The van der Waals surface area contributed by atoms with Gasteiger partial charge >= 0.3 is 0 Å². The van der Waals surface area contributed by atoms with E-state index in [1.807, 2.05) is 6.07 Å². The second kappa shape index (κ2) is 4.00. The predicted octanol–water partition coefficient (Wildman–Crippen LogP) is 2.01. The molecule has 0 aliphatic rings. The summed E-state index contributed by atoms with van der Waals surface area (Å²) in [6, 6.07) is 5.15. The molecule has 5 heteroatoms. The zero-order chi connectivity index (χ0) is 10.9. The van der Waals surface area contributed by atoms with E-state index in [-0.39, 0.29) is 0 Å². The van der Waals surface area contributed by atoms with Gasteiger partial charge in [0.15, 0.2) is 0 Å². The minimum absolute atomic E-state index is 0.344. The number of nitrogens with zero attached hydrogens (tertiary/aromatic N) is 1. The van der Waals surface area contributed by atoms with E-state index >= 15 is 0 Å². The fourth-order valence-electron chi connectivity index (χ4n) is 1.06. The highest BCUT2D eigenvalue weighted by Crippen LogP contribution is 2.24. The summed E-state index contributed by atoms with van der Waals surface area (Å²) in [6.07, 6.45) is 0. The molecule has 1 rings (SSSR count). The normalized spacial score (nSPS) is 12.1. The summed E-state index contributed by atoms with van der Waals surface area (Å²) in [6.45, 7) is 1.78. The van der Waals surface area contributed by atoms with Crippen molar-refractivity contribution in [3.8, 4) is 0 Å². The number of sulfonamides is 1. The van der Waals surface area contributed by atoms with E-state index in [1.165, 1.54) is 18.4 Å². The van der Waals surface area contributed by atoms with Crippen molar-refractivity contribution in [3.63, 3.8) is 0 Å². The van der Waals surface area contributed by atoms with Crippen LogP contribution in [-0.4, -0.2) is 26.8 Å². The Balaban J connectivity index is 3.42. The average Bonchev–Trinajstić information content (AvgIpc) is 2.09. The second-order valence-corrected chi connectivity index (χ2v) is 6.12. The largest absolute Gasteiger partial charge is 0.242 e. The van der Waals surface area contributed by atoms with Gasteiger partial charge in [0.25, 0.3) is 0 Å². The van der Waals surface area contributed by atoms with Crippen molar-refractivity contribution >= 4 is 26.0 Å². The van der Waals surface area contributed by atoms with E-state index in [2.05, 4.69) is 15.9 Å². The highest BCUT2D eigenvalue weighted by atomic mass is 79.9. The zero-order valence-electron chi connectivity index (χ0n) is 8.28. The molecule has 0 bridgehead atoms. The van der Waals surface area contributed by atoms with Crippen molar-refractivity contribution < 1.29 is 8.42 Å². The van der Waals surface area contributed by atoms with Crippen LogP contribution >= 0.6 is 15.9 Å². The Bertz CT molecular complexity index is 440.